The van der Waals surface area contributed by atoms with Crippen LogP contribution in [-0.2, 0) is 17.8 Å². The van der Waals surface area contributed by atoms with Gasteiger partial charge in [0.1, 0.15) is 11.9 Å². The predicted octanol–water partition coefficient (Wildman–Crippen LogP) is 2.58. The first kappa shape index (κ1) is 12.8. The first-order valence-electron chi connectivity index (χ1n) is 6.75. The quantitative estimate of drug-likeness (QED) is 0.913. The lowest BCUT2D eigenvalue weighted by Crippen LogP contribution is -2.32. The monoisotopic (exact) mass is 277 g/mol. The number of imidazole rings is 1. The molecule has 0 saturated carbocycles. The van der Waals surface area contributed by atoms with Crippen molar-refractivity contribution in [3.8, 4) is 0 Å². The molecule has 0 aromatic carbocycles. The van der Waals surface area contributed by atoms with E-state index in [0.29, 0.717) is 6.04 Å². The van der Waals surface area contributed by atoms with E-state index >= 15 is 0 Å². The van der Waals surface area contributed by atoms with Crippen LogP contribution in [0.1, 0.15) is 30.8 Å². The van der Waals surface area contributed by atoms with Crippen molar-refractivity contribution in [2.45, 2.75) is 38.6 Å². The molecule has 4 nitrogen and oxygen atoms in total. The van der Waals surface area contributed by atoms with Gasteiger partial charge in [-0.25, -0.2) is 4.98 Å². The van der Waals surface area contributed by atoms with E-state index in [2.05, 4.69) is 38.6 Å². The molecule has 0 amide bonds. The number of aryl methyl sites for hydroxylation is 1. The lowest BCUT2D eigenvalue weighted by atomic mass is 10.1. The molecule has 5 heteroatoms. The van der Waals surface area contributed by atoms with Crippen LogP contribution in [0.3, 0.4) is 0 Å². The van der Waals surface area contributed by atoms with Crippen molar-refractivity contribution in [3.05, 3.63) is 40.6 Å². The zero-order chi connectivity index (χ0) is 13.1. The van der Waals surface area contributed by atoms with Gasteiger partial charge in [0.15, 0.2) is 0 Å². The average molecular weight is 277 g/mol. The normalized spacial score (nSPS) is 23.0. The van der Waals surface area contributed by atoms with Gasteiger partial charge in [-0.3, -0.25) is 0 Å². The minimum absolute atomic E-state index is 0.0774. The molecule has 102 valence electrons. The molecule has 0 unspecified atom stereocenters. The highest BCUT2D eigenvalue weighted by Crippen LogP contribution is 2.28. The van der Waals surface area contributed by atoms with Crippen LogP contribution in [0.15, 0.2) is 29.2 Å². The molecule has 19 heavy (non-hydrogen) atoms. The van der Waals surface area contributed by atoms with Crippen molar-refractivity contribution in [1.29, 1.82) is 0 Å². The van der Waals surface area contributed by atoms with Crippen molar-refractivity contribution >= 4 is 11.3 Å². The number of hydrogen-bond acceptors (Lipinski definition) is 4. The summed E-state index contributed by atoms with van der Waals surface area (Å²) in [6.07, 6.45) is 5.00. The Bertz CT molecular complexity index is 509. The number of ether oxygens (including phenoxy) is 1. The van der Waals surface area contributed by atoms with Gasteiger partial charge in [0.25, 0.3) is 0 Å². The van der Waals surface area contributed by atoms with E-state index in [1.54, 1.807) is 11.3 Å². The van der Waals surface area contributed by atoms with E-state index in [1.165, 1.54) is 5.56 Å². The third-order valence-corrected chi connectivity index (χ3v) is 4.32. The summed E-state index contributed by atoms with van der Waals surface area (Å²) in [5.41, 5.74) is 1.34. The molecular formula is C14H19N3OS. The summed E-state index contributed by atoms with van der Waals surface area (Å²) in [6, 6.07) is 2.52. The second kappa shape index (κ2) is 5.86. The number of hydrogen-bond donors (Lipinski definition) is 1. The molecule has 1 fully saturated rings. The van der Waals surface area contributed by atoms with Gasteiger partial charge in [0, 0.05) is 38.1 Å². The van der Waals surface area contributed by atoms with Crippen LogP contribution in [0, 0.1) is 0 Å². The molecule has 0 aliphatic carbocycles. The fraction of sp³-hybridized carbons (Fsp3) is 0.500. The molecule has 0 spiro atoms. The maximum Gasteiger partial charge on any atom is 0.139 e. The van der Waals surface area contributed by atoms with Crippen LogP contribution >= 0.6 is 11.3 Å². The highest BCUT2D eigenvalue weighted by molar-refractivity contribution is 7.07. The van der Waals surface area contributed by atoms with Crippen LogP contribution in [0.25, 0.3) is 0 Å². The molecule has 0 radical (unpaired) electrons. The molecule has 1 aliphatic heterocycles. The van der Waals surface area contributed by atoms with Gasteiger partial charge in [0.2, 0.25) is 0 Å². The molecule has 1 aliphatic rings. The van der Waals surface area contributed by atoms with E-state index < -0.39 is 0 Å². The lowest BCUT2D eigenvalue weighted by molar-refractivity contribution is 0.0886. The largest absolute Gasteiger partial charge is 0.369 e. The first-order chi connectivity index (χ1) is 9.38. The summed E-state index contributed by atoms with van der Waals surface area (Å²) in [6.45, 7) is 4.78. The van der Waals surface area contributed by atoms with Crippen molar-refractivity contribution in [2.75, 3.05) is 6.61 Å². The Labute approximate surface area is 117 Å². The summed E-state index contributed by atoms with van der Waals surface area (Å²) >= 11 is 1.74. The molecule has 2 aromatic heterocycles. The third kappa shape index (κ3) is 2.73. The highest BCUT2D eigenvalue weighted by atomic mass is 32.1. The Morgan fingerprint density at radius 3 is 3.32 bits per heavy atom. The Kier molecular flexibility index (Phi) is 3.96. The molecule has 1 saturated heterocycles. The van der Waals surface area contributed by atoms with Crippen molar-refractivity contribution < 1.29 is 4.74 Å². The Hall–Kier alpha value is -1.17. The summed E-state index contributed by atoms with van der Waals surface area (Å²) in [7, 11) is 0. The summed E-state index contributed by atoms with van der Waals surface area (Å²) < 4.78 is 8.04. The first-order valence-corrected chi connectivity index (χ1v) is 7.70. The molecular weight excluding hydrogens is 258 g/mol. The number of nitrogens with one attached hydrogen (secondary N) is 1. The molecule has 0 bridgehead atoms. The van der Waals surface area contributed by atoms with E-state index in [4.69, 9.17) is 4.74 Å². The number of aromatic nitrogens is 2. The van der Waals surface area contributed by atoms with Crippen LogP contribution in [-0.4, -0.2) is 22.2 Å². The molecule has 2 atom stereocenters. The van der Waals surface area contributed by atoms with E-state index in [9.17, 15) is 0 Å². The van der Waals surface area contributed by atoms with Gasteiger partial charge < -0.3 is 14.6 Å². The molecule has 2 aromatic rings. The van der Waals surface area contributed by atoms with Gasteiger partial charge in [-0.2, -0.15) is 11.3 Å². The number of thiophene rings is 1. The minimum atomic E-state index is 0.0774. The fourth-order valence-electron chi connectivity index (χ4n) is 2.54. The second-order valence-corrected chi connectivity index (χ2v) is 5.55. The van der Waals surface area contributed by atoms with Gasteiger partial charge in [-0.15, -0.1) is 0 Å². The van der Waals surface area contributed by atoms with Crippen LogP contribution in [0.5, 0.6) is 0 Å². The van der Waals surface area contributed by atoms with Crippen LogP contribution in [0.2, 0.25) is 0 Å². The zero-order valence-electron chi connectivity index (χ0n) is 11.1. The van der Waals surface area contributed by atoms with E-state index in [1.807, 2.05) is 12.4 Å². The highest BCUT2D eigenvalue weighted by Gasteiger charge is 2.32. The van der Waals surface area contributed by atoms with Crippen LogP contribution < -0.4 is 5.32 Å². The summed E-state index contributed by atoms with van der Waals surface area (Å²) in [5, 5.41) is 7.90. The van der Waals surface area contributed by atoms with Crippen molar-refractivity contribution in [2.24, 2.45) is 0 Å². The van der Waals surface area contributed by atoms with E-state index in [0.717, 1.165) is 31.9 Å². The maximum atomic E-state index is 5.88. The zero-order valence-corrected chi connectivity index (χ0v) is 11.9. The fourth-order valence-corrected chi connectivity index (χ4v) is 3.21. The van der Waals surface area contributed by atoms with Gasteiger partial charge in [0.05, 0.1) is 0 Å². The third-order valence-electron chi connectivity index (χ3n) is 3.58. The minimum Gasteiger partial charge on any atom is -0.369 e. The maximum absolute atomic E-state index is 5.88. The van der Waals surface area contributed by atoms with Crippen molar-refractivity contribution in [3.63, 3.8) is 0 Å². The lowest BCUT2D eigenvalue weighted by Gasteiger charge is -2.20. The Morgan fingerprint density at radius 1 is 1.58 bits per heavy atom. The smallest absolute Gasteiger partial charge is 0.139 e. The topological polar surface area (TPSA) is 39.1 Å². The summed E-state index contributed by atoms with van der Waals surface area (Å²) in [4.78, 5) is 4.46. The Balaban J connectivity index is 1.67. The predicted molar refractivity (Wildman–Crippen MR) is 76.2 cm³/mol. The van der Waals surface area contributed by atoms with Crippen molar-refractivity contribution in [1.82, 2.24) is 14.9 Å². The molecule has 3 heterocycles. The van der Waals surface area contributed by atoms with E-state index in [-0.39, 0.29) is 6.10 Å². The number of rotatable bonds is 5. The second-order valence-electron chi connectivity index (χ2n) is 4.77. The number of nitrogens with zero attached hydrogens (tertiary/aromatic N) is 2. The molecule has 1 N–H and O–H groups in total. The van der Waals surface area contributed by atoms with Crippen LogP contribution in [0.4, 0.5) is 0 Å². The van der Waals surface area contributed by atoms with Gasteiger partial charge >= 0.3 is 0 Å². The standard InChI is InChI=1S/C14H19N3OS/c1-2-17-6-5-15-14(17)13-12(3-7-18-13)16-9-11-4-8-19-10-11/h4-6,8,10,12-13,16H,2-3,7,9H2,1H3/t12-,13-/m0/s1. The van der Waals surface area contributed by atoms with Gasteiger partial charge in [-0.1, -0.05) is 0 Å². The average Bonchev–Trinajstić information content (AvgIpc) is 3.16. The summed E-state index contributed by atoms with van der Waals surface area (Å²) in [5.74, 6) is 1.04. The Morgan fingerprint density at radius 2 is 2.53 bits per heavy atom. The van der Waals surface area contributed by atoms with Gasteiger partial charge in [-0.05, 0) is 35.7 Å². The molecule has 3 rings (SSSR count). The SMILES string of the molecule is CCn1ccnc1[C@H]1OCC[C@@H]1NCc1ccsc1.